The van der Waals surface area contributed by atoms with Crippen LogP contribution in [0.15, 0.2) is 54.7 Å². The van der Waals surface area contributed by atoms with Crippen LogP contribution in [0.2, 0.25) is 0 Å². The molecule has 2 aromatic heterocycles. The van der Waals surface area contributed by atoms with Crippen molar-refractivity contribution in [3.05, 3.63) is 82.2 Å². The number of thiazole rings is 2. The molecule has 0 saturated heterocycles. The van der Waals surface area contributed by atoms with Gasteiger partial charge in [0.1, 0.15) is 11.5 Å². The largest absolute Gasteiger partial charge is 0.347 e. The molecule has 7 nitrogen and oxygen atoms in total. The fraction of sp³-hybridized carbons (Fsp3) is 0.167. The zero-order valence-corrected chi connectivity index (χ0v) is 19.4. The summed E-state index contributed by atoms with van der Waals surface area (Å²) in [5, 5.41) is 13.0. The SMILES string of the molecule is O=C(NO)c1ccc(CNC(=O)c2nc(-c3ncc(-c4ccc(F)cc4)s3)sc2C2CC2)cc1. The second kappa shape index (κ2) is 9.41. The van der Waals surface area contributed by atoms with Crippen molar-refractivity contribution in [1.29, 1.82) is 0 Å². The highest BCUT2D eigenvalue weighted by Crippen LogP contribution is 2.46. The molecule has 5 rings (SSSR count). The first-order chi connectivity index (χ1) is 16.5. The third kappa shape index (κ3) is 4.74. The van der Waals surface area contributed by atoms with Crippen LogP contribution in [-0.4, -0.2) is 27.0 Å². The molecule has 1 aliphatic carbocycles. The normalized spacial score (nSPS) is 13.0. The van der Waals surface area contributed by atoms with Gasteiger partial charge in [0.15, 0.2) is 10.0 Å². The maximum Gasteiger partial charge on any atom is 0.274 e. The highest BCUT2D eigenvalue weighted by Gasteiger charge is 2.32. The second-order valence-electron chi connectivity index (χ2n) is 7.86. The van der Waals surface area contributed by atoms with Gasteiger partial charge in [0.25, 0.3) is 11.8 Å². The molecule has 1 saturated carbocycles. The zero-order valence-electron chi connectivity index (χ0n) is 17.7. The number of hydrogen-bond acceptors (Lipinski definition) is 7. The monoisotopic (exact) mass is 494 g/mol. The summed E-state index contributed by atoms with van der Waals surface area (Å²) in [5.74, 6) is -0.786. The molecule has 0 unspecified atom stereocenters. The predicted octanol–water partition coefficient (Wildman–Crippen LogP) is 5.00. The zero-order chi connectivity index (χ0) is 23.7. The topological polar surface area (TPSA) is 104 Å². The number of rotatable bonds is 7. The maximum atomic E-state index is 13.2. The number of nitrogens with zero attached hydrogens (tertiary/aromatic N) is 2. The van der Waals surface area contributed by atoms with Crippen LogP contribution in [0.5, 0.6) is 0 Å². The van der Waals surface area contributed by atoms with Gasteiger partial charge >= 0.3 is 0 Å². The quantitative estimate of drug-likeness (QED) is 0.248. The average Bonchev–Trinajstić information content (AvgIpc) is 3.41. The van der Waals surface area contributed by atoms with Gasteiger partial charge in [-0.3, -0.25) is 14.8 Å². The van der Waals surface area contributed by atoms with Crippen LogP contribution in [0, 0.1) is 5.82 Å². The van der Waals surface area contributed by atoms with E-state index in [9.17, 15) is 14.0 Å². The highest BCUT2D eigenvalue weighted by molar-refractivity contribution is 7.23. The molecule has 0 spiro atoms. The smallest absolute Gasteiger partial charge is 0.274 e. The minimum absolute atomic E-state index is 0.253. The molecule has 0 radical (unpaired) electrons. The van der Waals surface area contributed by atoms with E-state index in [0.29, 0.717) is 22.2 Å². The van der Waals surface area contributed by atoms with Crippen LogP contribution in [-0.2, 0) is 6.54 Å². The van der Waals surface area contributed by atoms with E-state index in [1.807, 2.05) is 0 Å². The molecular formula is C24H19FN4O3S2. The molecule has 172 valence electrons. The number of carbonyl (C=O) groups excluding carboxylic acids is 2. The molecule has 34 heavy (non-hydrogen) atoms. The standard InChI is InChI=1S/C24H19FN4O3S2/c25-17-9-7-14(8-10-17)18-12-27-23(33-18)24-28-19(20(34-24)15-5-6-15)22(31)26-11-13-1-3-16(4-2-13)21(30)29-32/h1-4,7-10,12,15,32H,5-6,11H2,(H,26,31)(H,29,30). The lowest BCUT2D eigenvalue weighted by molar-refractivity contribution is 0.0706. The molecular weight excluding hydrogens is 475 g/mol. The molecule has 2 heterocycles. The summed E-state index contributed by atoms with van der Waals surface area (Å²) in [6, 6.07) is 12.8. The fourth-order valence-corrected chi connectivity index (χ4v) is 5.61. The van der Waals surface area contributed by atoms with Crippen molar-refractivity contribution >= 4 is 34.5 Å². The summed E-state index contributed by atoms with van der Waals surface area (Å²) in [4.78, 5) is 35.4. The molecule has 0 aliphatic heterocycles. The Bertz CT molecular complexity index is 1350. The van der Waals surface area contributed by atoms with Crippen LogP contribution in [0.3, 0.4) is 0 Å². The third-order valence-corrected chi connectivity index (χ3v) is 7.81. The van der Waals surface area contributed by atoms with Gasteiger partial charge in [0, 0.05) is 23.2 Å². The van der Waals surface area contributed by atoms with E-state index in [2.05, 4.69) is 15.3 Å². The Hall–Kier alpha value is -3.47. The number of carbonyl (C=O) groups is 2. The second-order valence-corrected chi connectivity index (χ2v) is 9.92. The first-order valence-electron chi connectivity index (χ1n) is 10.6. The summed E-state index contributed by atoms with van der Waals surface area (Å²) in [7, 11) is 0. The number of halogens is 1. The molecule has 1 fully saturated rings. The maximum absolute atomic E-state index is 13.2. The van der Waals surface area contributed by atoms with Crippen LogP contribution >= 0.6 is 22.7 Å². The molecule has 1 aliphatic rings. The number of hydroxylamine groups is 1. The molecule has 2 amide bonds. The lowest BCUT2D eigenvalue weighted by Crippen LogP contribution is -2.24. The molecule has 2 aromatic carbocycles. The first-order valence-corrected chi connectivity index (χ1v) is 12.2. The lowest BCUT2D eigenvalue weighted by Gasteiger charge is -2.06. The minimum atomic E-state index is -0.593. The van der Waals surface area contributed by atoms with Gasteiger partial charge in [0.2, 0.25) is 0 Å². The van der Waals surface area contributed by atoms with Gasteiger partial charge in [0.05, 0.1) is 4.88 Å². The summed E-state index contributed by atoms with van der Waals surface area (Å²) >= 11 is 2.96. The number of hydrogen-bond donors (Lipinski definition) is 3. The summed E-state index contributed by atoms with van der Waals surface area (Å²) in [6.07, 6.45) is 3.82. The Morgan fingerprint density at radius 3 is 2.41 bits per heavy atom. The van der Waals surface area contributed by atoms with E-state index in [1.165, 1.54) is 34.8 Å². The summed E-state index contributed by atoms with van der Waals surface area (Å²) < 4.78 is 13.2. The van der Waals surface area contributed by atoms with Crippen LogP contribution < -0.4 is 10.8 Å². The minimum Gasteiger partial charge on any atom is -0.347 e. The average molecular weight is 495 g/mol. The number of amides is 2. The predicted molar refractivity (Wildman–Crippen MR) is 127 cm³/mol. The Labute approximate surface area is 202 Å². The van der Waals surface area contributed by atoms with E-state index in [1.54, 1.807) is 48.1 Å². The van der Waals surface area contributed by atoms with Crippen LogP contribution in [0.1, 0.15) is 50.0 Å². The first kappa shape index (κ1) is 22.3. The fourth-order valence-electron chi connectivity index (χ4n) is 3.43. The van der Waals surface area contributed by atoms with E-state index in [4.69, 9.17) is 5.21 Å². The van der Waals surface area contributed by atoms with Crippen molar-refractivity contribution < 1.29 is 19.2 Å². The van der Waals surface area contributed by atoms with Crippen LogP contribution in [0.25, 0.3) is 20.5 Å². The van der Waals surface area contributed by atoms with Gasteiger partial charge in [-0.1, -0.05) is 24.3 Å². The van der Waals surface area contributed by atoms with Crippen molar-refractivity contribution in [3.63, 3.8) is 0 Å². The van der Waals surface area contributed by atoms with Gasteiger partial charge in [-0.25, -0.2) is 19.8 Å². The van der Waals surface area contributed by atoms with Gasteiger partial charge in [-0.05, 0) is 54.2 Å². The Balaban J connectivity index is 1.33. The van der Waals surface area contributed by atoms with Crippen molar-refractivity contribution in [2.75, 3.05) is 0 Å². The van der Waals surface area contributed by atoms with E-state index < -0.39 is 5.91 Å². The molecule has 3 N–H and O–H groups in total. The number of aromatic nitrogens is 2. The number of benzene rings is 2. The summed E-state index contributed by atoms with van der Waals surface area (Å²) in [6.45, 7) is 0.281. The van der Waals surface area contributed by atoms with Crippen molar-refractivity contribution in [3.8, 4) is 20.5 Å². The van der Waals surface area contributed by atoms with Gasteiger partial charge < -0.3 is 5.32 Å². The van der Waals surface area contributed by atoms with Crippen molar-refractivity contribution in [1.82, 2.24) is 20.8 Å². The van der Waals surface area contributed by atoms with Crippen LogP contribution in [0.4, 0.5) is 4.39 Å². The van der Waals surface area contributed by atoms with E-state index in [0.717, 1.165) is 38.7 Å². The van der Waals surface area contributed by atoms with Gasteiger partial charge in [-0.15, -0.1) is 22.7 Å². The third-order valence-electron chi connectivity index (χ3n) is 5.40. The molecule has 0 atom stereocenters. The van der Waals surface area contributed by atoms with E-state index in [-0.39, 0.29) is 18.3 Å². The van der Waals surface area contributed by atoms with E-state index >= 15 is 0 Å². The Morgan fingerprint density at radius 1 is 1.00 bits per heavy atom. The Morgan fingerprint density at radius 2 is 1.74 bits per heavy atom. The molecule has 4 aromatic rings. The van der Waals surface area contributed by atoms with Crippen molar-refractivity contribution in [2.24, 2.45) is 0 Å². The lowest BCUT2D eigenvalue weighted by atomic mass is 10.1. The van der Waals surface area contributed by atoms with Crippen molar-refractivity contribution in [2.45, 2.75) is 25.3 Å². The molecule has 0 bridgehead atoms. The van der Waals surface area contributed by atoms with Gasteiger partial charge in [-0.2, -0.15) is 0 Å². The number of nitrogens with one attached hydrogen (secondary N) is 2. The highest BCUT2D eigenvalue weighted by atomic mass is 32.1. The molecule has 10 heteroatoms. The summed E-state index contributed by atoms with van der Waals surface area (Å²) in [5.41, 5.74) is 4.03. The Kier molecular flexibility index (Phi) is 6.18.